The molecule has 2 aliphatic rings. The molecule has 0 radical (unpaired) electrons. The van der Waals surface area contributed by atoms with E-state index in [0.29, 0.717) is 4.75 Å². The SMILES string of the molecule is CCNC(=NCC1(C)CCCS1)NCCN1CCN(CC)CC1. The van der Waals surface area contributed by atoms with Crippen LogP contribution in [0, 0.1) is 0 Å². The molecule has 2 saturated heterocycles. The van der Waals surface area contributed by atoms with E-state index in [4.69, 9.17) is 4.99 Å². The summed E-state index contributed by atoms with van der Waals surface area (Å²) in [6, 6.07) is 0. The van der Waals surface area contributed by atoms with Crippen LogP contribution in [-0.2, 0) is 0 Å². The third kappa shape index (κ3) is 6.51. The van der Waals surface area contributed by atoms with Crippen molar-refractivity contribution in [1.29, 1.82) is 0 Å². The summed E-state index contributed by atoms with van der Waals surface area (Å²) in [5, 5.41) is 6.89. The zero-order valence-electron chi connectivity index (χ0n) is 15.2. The van der Waals surface area contributed by atoms with Crippen molar-refractivity contribution in [2.24, 2.45) is 4.99 Å². The van der Waals surface area contributed by atoms with Crippen molar-refractivity contribution in [2.45, 2.75) is 38.4 Å². The van der Waals surface area contributed by atoms with Crippen molar-refractivity contribution in [1.82, 2.24) is 20.4 Å². The highest BCUT2D eigenvalue weighted by atomic mass is 32.2. The minimum absolute atomic E-state index is 0.346. The predicted molar refractivity (Wildman–Crippen MR) is 103 cm³/mol. The summed E-state index contributed by atoms with van der Waals surface area (Å²) in [7, 11) is 0. The number of nitrogens with one attached hydrogen (secondary N) is 2. The molecule has 2 fully saturated rings. The van der Waals surface area contributed by atoms with Gasteiger partial charge in [-0.05, 0) is 39.0 Å². The molecule has 1 atom stereocenters. The Morgan fingerprint density at radius 1 is 1.13 bits per heavy atom. The smallest absolute Gasteiger partial charge is 0.191 e. The highest BCUT2D eigenvalue weighted by Crippen LogP contribution is 2.37. The fraction of sp³-hybridized carbons (Fsp3) is 0.941. The second-order valence-corrected chi connectivity index (χ2v) is 8.48. The summed E-state index contributed by atoms with van der Waals surface area (Å²) < 4.78 is 0.346. The fourth-order valence-corrected chi connectivity index (χ4v) is 4.44. The normalized spacial score (nSPS) is 27.3. The number of likely N-dealkylation sites (N-methyl/N-ethyl adjacent to an activating group) is 1. The molecule has 2 N–H and O–H groups in total. The maximum Gasteiger partial charge on any atom is 0.191 e. The Kier molecular flexibility index (Phi) is 7.99. The largest absolute Gasteiger partial charge is 0.357 e. The Morgan fingerprint density at radius 3 is 2.48 bits per heavy atom. The molecule has 5 nitrogen and oxygen atoms in total. The number of aliphatic imine (C=N–C) groups is 1. The van der Waals surface area contributed by atoms with Gasteiger partial charge in [0.25, 0.3) is 0 Å². The van der Waals surface area contributed by atoms with E-state index in [0.717, 1.165) is 32.1 Å². The topological polar surface area (TPSA) is 42.9 Å². The zero-order chi connectivity index (χ0) is 16.5. The van der Waals surface area contributed by atoms with Crippen LogP contribution < -0.4 is 10.6 Å². The van der Waals surface area contributed by atoms with Crippen molar-refractivity contribution in [3.8, 4) is 0 Å². The van der Waals surface area contributed by atoms with E-state index in [1.807, 2.05) is 0 Å². The molecule has 0 saturated carbocycles. The average molecular weight is 342 g/mol. The van der Waals surface area contributed by atoms with Crippen molar-refractivity contribution in [3.63, 3.8) is 0 Å². The number of guanidine groups is 1. The lowest BCUT2D eigenvalue weighted by atomic mass is 10.1. The van der Waals surface area contributed by atoms with Crippen LogP contribution in [0.5, 0.6) is 0 Å². The molecule has 0 aliphatic carbocycles. The summed E-state index contributed by atoms with van der Waals surface area (Å²) in [5.41, 5.74) is 0. The average Bonchev–Trinajstić information content (AvgIpc) is 3.00. The zero-order valence-corrected chi connectivity index (χ0v) is 16.1. The number of hydrogen-bond donors (Lipinski definition) is 2. The second kappa shape index (κ2) is 9.74. The van der Waals surface area contributed by atoms with Crippen LogP contribution in [0.3, 0.4) is 0 Å². The molecule has 6 heteroatoms. The van der Waals surface area contributed by atoms with E-state index in [1.165, 1.54) is 51.3 Å². The van der Waals surface area contributed by atoms with Crippen LogP contribution in [-0.4, -0.2) is 85.2 Å². The molecule has 0 bridgehead atoms. The van der Waals surface area contributed by atoms with E-state index in [2.05, 4.69) is 53.0 Å². The highest BCUT2D eigenvalue weighted by Gasteiger charge is 2.29. The molecule has 134 valence electrons. The van der Waals surface area contributed by atoms with Crippen molar-refractivity contribution < 1.29 is 0 Å². The molecule has 0 aromatic rings. The van der Waals surface area contributed by atoms with Gasteiger partial charge in [0.15, 0.2) is 5.96 Å². The third-order valence-corrected chi connectivity index (χ3v) is 6.37. The fourth-order valence-electron chi connectivity index (χ4n) is 3.21. The van der Waals surface area contributed by atoms with Crippen molar-refractivity contribution in [3.05, 3.63) is 0 Å². The Labute approximate surface area is 146 Å². The predicted octanol–water partition coefficient (Wildman–Crippen LogP) is 1.46. The molecule has 0 spiro atoms. The van der Waals surface area contributed by atoms with Crippen LogP contribution >= 0.6 is 11.8 Å². The summed E-state index contributed by atoms with van der Waals surface area (Å²) in [6.07, 6.45) is 2.63. The Hall–Kier alpha value is -0.460. The molecule has 2 heterocycles. The van der Waals surface area contributed by atoms with Gasteiger partial charge in [0.1, 0.15) is 0 Å². The van der Waals surface area contributed by atoms with Gasteiger partial charge in [0.2, 0.25) is 0 Å². The minimum atomic E-state index is 0.346. The lowest BCUT2D eigenvalue weighted by molar-refractivity contribution is 0.139. The lowest BCUT2D eigenvalue weighted by Crippen LogP contribution is -2.49. The van der Waals surface area contributed by atoms with E-state index >= 15 is 0 Å². The number of hydrogen-bond acceptors (Lipinski definition) is 4. The molecule has 1 unspecified atom stereocenters. The molecular formula is C17H35N5S. The number of piperazine rings is 1. The van der Waals surface area contributed by atoms with Crippen LogP contribution in [0.1, 0.15) is 33.6 Å². The van der Waals surface area contributed by atoms with Gasteiger partial charge < -0.3 is 15.5 Å². The van der Waals surface area contributed by atoms with Gasteiger partial charge in [0, 0.05) is 50.6 Å². The lowest BCUT2D eigenvalue weighted by Gasteiger charge is -2.34. The van der Waals surface area contributed by atoms with Gasteiger partial charge in [-0.3, -0.25) is 9.89 Å². The van der Waals surface area contributed by atoms with E-state index < -0.39 is 0 Å². The van der Waals surface area contributed by atoms with E-state index in [-0.39, 0.29) is 0 Å². The summed E-state index contributed by atoms with van der Waals surface area (Å²) in [6.45, 7) is 16.6. The first kappa shape index (κ1) is 18.9. The van der Waals surface area contributed by atoms with Crippen LogP contribution in [0.25, 0.3) is 0 Å². The second-order valence-electron chi connectivity index (χ2n) is 6.80. The van der Waals surface area contributed by atoms with Crippen molar-refractivity contribution >= 4 is 17.7 Å². The number of rotatable bonds is 7. The van der Waals surface area contributed by atoms with Crippen LogP contribution in [0.15, 0.2) is 4.99 Å². The molecular weight excluding hydrogens is 306 g/mol. The van der Waals surface area contributed by atoms with Gasteiger partial charge >= 0.3 is 0 Å². The first-order valence-corrected chi connectivity index (χ1v) is 10.2. The Morgan fingerprint density at radius 2 is 1.87 bits per heavy atom. The highest BCUT2D eigenvalue weighted by molar-refractivity contribution is 8.00. The number of nitrogens with zero attached hydrogens (tertiary/aromatic N) is 3. The van der Waals surface area contributed by atoms with Gasteiger partial charge in [-0.2, -0.15) is 11.8 Å². The number of thioether (sulfide) groups is 1. The maximum atomic E-state index is 4.82. The minimum Gasteiger partial charge on any atom is -0.357 e. The molecule has 2 rings (SSSR count). The van der Waals surface area contributed by atoms with E-state index in [1.54, 1.807) is 0 Å². The first-order valence-electron chi connectivity index (χ1n) is 9.26. The summed E-state index contributed by atoms with van der Waals surface area (Å²) in [5.74, 6) is 2.27. The molecule has 0 aromatic heterocycles. The van der Waals surface area contributed by atoms with Crippen LogP contribution in [0.2, 0.25) is 0 Å². The van der Waals surface area contributed by atoms with Gasteiger partial charge in [0.05, 0.1) is 6.54 Å². The molecule has 0 amide bonds. The summed E-state index contributed by atoms with van der Waals surface area (Å²) >= 11 is 2.08. The maximum absolute atomic E-state index is 4.82. The van der Waals surface area contributed by atoms with E-state index in [9.17, 15) is 0 Å². The quantitative estimate of drug-likeness (QED) is 0.542. The Balaban J connectivity index is 1.69. The molecule has 0 aromatic carbocycles. The standard InChI is InChI=1S/C17H35N5S/c1-4-18-16(20-15-17(3)7-6-14-23-17)19-8-9-22-12-10-21(5-2)11-13-22/h4-15H2,1-3H3,(H2,18,19,20). The Bertz CT molecular complexity index is 360. The van der Waals surface area contributed by atoms with Crippen molar-refractivity contribution in [2.75, 3.05) is 64.7 Å². The van der Waals surface area contributed by atoms with Crippen LogP contribution in [0.4, 0.5) is 0 Å². The third-order valence-electron chi connectivity index (χ3n) is 4.85. The summed E-state index contributed by atoms with van der Waals surface area (Å²) in [4.78, 5) is 9.90. The first-order chi connectivity index (χ1) is 11.1. The van der Waals surface area contributed by atoms with Gasteiger partial charge in [-0.15, -0.1) is 0 Å². The molecule has 2 aliphatic heterocycles. The molecule has 23 heavy (non-hydrogen) atoms. The van der Waals surface area contributed by atoms with Gasteiger partial charge in [-0.1, -0.05) is 6.92 Å². The monoisotopic (exact) mass is 341 g/mol. The van der Waals surface area contributed by atoms with Gasteiger partial charge in [-0.25, -0.2) is 0 Å².